The Balaban J connectivity index is 2.44. The van der Waals surface area contributed by atoms with E-state index in [2.05, 4.69) is 0 Å². The molecule has 2 rings (SSSR count). The molecule has 4 heteroatoms. The summed E-state index contributed by atoms with van der Waals surface area (Å²) in [4.78, 5) is 0. The van der Waals surface area contributed by atoms with Crippen molar-refractivity contribution < 1.29 is 9.84 Å². The van der Waals surface area contributed by atoms with Gasteiger partial charge < -0.3 is 9.84 Å². The zero-order valence-electron chi connectivity index (χ0n) is 12.2. The normalized spacial score (nSPS) is 13.0. The fraction of sp³-hybridized carbons (Fsp3) is 0.294. The molecule has 0 radical (unpaired) electrons. The smallest absolute Gasteiger partial charge is 0.138 e. The van der Waals surface area contributed by atoms with Crippen LogP contribution in [0.4, 0.5) is 0 Å². The maximum atomic E-state index is 10.8. The molecule has 2 aromatic rings. The zero-order valence-corrected chi connectivity index (χ0v) is 13.7. The van der Waals surface area contributed by atoms with E-state index in [1.54, 1.807) is 12.1 Å². The highest BCUT2D eigenvalue weighted by atomic mass is 35.5. The number of hydrogen-bond acceptors (Lipinski definition) is 2. The molecule has 0 saturated carbocycles. The van der Waals surface area contributed by atoms with Crippen LogP contribution in [-0.4, -0.2) is 12.2 Å². The van der Waals surface area contributed by atoms with E-state index in [1.807, 2.05) is 44.2 Å². The molecule has 1 unspecified atom stereocenters. The summed E-state index contributed by atoms with van der Waals surface area (Å²) < 4.78 is 5.13. The van der Waals surface area contributed by atoms with Crippen molar-refractivity contribution in [1.29, 1.82) is 0 Å². The molecule has 1 atom stereocenters. The van der Waals surface area contributed by atoms with Crippen molar-refractivity contribution in [2.45, 2.75) is 25.4 Å². The van der Waals surface area contributed by atoms with Crippen molar-refractivity contribution in [2.75, 3.05) is 7.11 Å². The van der Waals surface area contributed by atoms with Gasteiger partial charge in [0.2, 0.25) is 0 Å². The van der Waals surface area contributed by atoms with Crippen LogP contribution >= 0.6 is 23.2 Å². The van der Waals surface area contributed by atoms with Gasteiger partial charge in [-0.05, 0) is 11.6 Å². The van der Waals surface area contributed by atoms with E-state index in [4.69, 9.17) is 27.9 Å². The molecule has 21 heavy (non-hydrogen) atoms. The van der Waals surface area contributed by atoms with Crippen LogP contribution in [-0.2, 0) is 5.41 Å². The summed E-state index contributed by atoms with van der Waals surface area (Å²) in [6.07, 6.45) is -0.782. The second kappa shape index (κ2) is 6.27. The van der Waals surface area contributed by atoms with E-state index in [-0.39, 0.29) is 0 Å². The average Bonchev–Trinajstić information content (AvgIpc) is 2.49. The molecule has 0 fully saturated rings. The lowest BCUT2D eigenvalue weighted by Crippen LogP contribution is -2.27. The van der Waals surface area contributed by atoms with Crippen LogP contribution in [0, 0.1) is 0 Å². The van der Waals surface area contributed by atoms with Crippen molar-refractivity contribution in [3.63, 3.8) is 0 Å². The Morgan fingerprint density at radius 2 is 1.67 bits per heavy atom. The van der Waals surface area contributed by atoms with Crippen LogP contribution in [0.2, 0.25) is 10.0 Å². The summed E-state index contributed by atoms with van der Waals surface area (Å²) >= 11 is 12.4. The maximum absolute atomic E-state index is 10.8. The highest BCUT2D eigenvalue weighted by molar-refractivity contribution is 6.34. The average molecular weight is 325 g/mol. The van der Waals surface area contributed by atoms with Crippen LogP contribution < -0.4 is 4.74 Å². The fourth-order valence-electron chi connectivity index (χ4n) is 2.32. The first-order valence-electron chi connectivity index (χ1n) is 6.64. The molecule has 0 spiro atoms. The van der Waals surface area contributed by atoms with Crippen LogP contribution in [0.5, 0.6) is 5.75 Å². The van der Waals surface area contributed by atoms with Crippen molar-refractivity contribution in [3.8, 4) is 5.75 Å². The monoisotopic (exact) mass is 324 g/mol. The van der Waals surface area contributed by atoms with Crippen LogP contribution in [0.15, 0.2) is 42.5 Å². The number of rotatable bonds is 4. The van der Waals surface area contributed by atoms with Gasteiger partial charge in [-0.25, -0.2) is 0 Å². The van der Waals surface area contributed by atoms with Gasteiger partial charge >= 0.3 is 0 Å². The Labute approximate surface area is 135 Å². The summed E-state index contributed by atoms with van der Waals surface area (Å²) in [5, 5.41) is 11.7. The topological polar surface area (TPSA) is 29.5 Å². The SMILES string of the molecule is COc1cc(Cl)c(C(O)C(C)(C)c2ccccc2)cc1Cl. The standard InChI is InChI=1S/C17H18Cl2O2/c1-17(2,11-7-5-4-6-8-11)16(20)12-9-14(19)15(21-3)10-13(12)18/h4-10,16,20H,1-3H3. The van der Waals surface area contributed by atoms with Gasteiger partial charge in [-0.2, -0.15) is 0 Å². The zero-order chi connectivity index (χ0) is 15.6. The number of benzene rings is 2. The minimum absolute atomic E-state index is 0.430. The molecule has 0 aliphatic carbocycles. The summed E-state index contributed by atoms with van der Waals surface area (Å²) in [6.45, 7) is 3.95. The Bertz CT molecular complexity index is 624. The predicted molar refractivity (Wildman–Crippen MR) is 87.4 cm³/mol. The van der Waals surface area contributed by atoms with Crippen molar-refractivity contribution >= 4 is 23.2 Å². The van der Waals surface area contributed by atoms with Gasteiger partial charge in [0.15, 0.2) is 0 Å². The molecule has 2 nitrogen and oxygen atoms in total. The van der Waals surface area contributed by atoms with E-state index in [1.165, 1.54) is 7.11 Å². The summed E-state index contributed by atoms with van der Waals surface area (Å²) in [5.74, 6) is 0.495. The molecule has 112 valence electrons. The third kappa shape index (κ3) is 3.18. The van der Waals surface area contributed by atoms with E-state index in [0.717, 1.165) is 5.56 Å². The summed E-state index contributed by atoms with van der Waals surface area (Å²) in [6, 6.07) is 13.1. The molecule has 0 bridgehead atoms. The summed E-state index contributed by atoms with van der Waals surface area (Å²) in [5.41, 5.74) is 1.12. The van der Waals surface area contributed by atoms with E-state index >= 15 is 0 Å². The first kappa shape index (κ1) is 16.2. The largest absolute Gasteiger partial charge is 0.495 e. The van der Waals surface area contributed by atoms with Crippen LogP contribution in [0.1, 0.15) is 31.1 Å². The third-order valence-electron chi connectivity index (χ3n) is 3.77. The molecular weight excluding hydrogens is 307 g/mol. The lowest BCUT2D eigenvalue weighted by molar-refractivity contribution is 0.100. The molecule has 1 N–H and O–H groups in total. The highest BCUT2D eigenvalue weighted by Crippen LogP contribution is 2.42. The van der Waals surface area contributed by atoms with Gasteiger partial charge in [0, 0.05) is 17.0 Å². The molecular formula is C17H18Cl2O2. The van der Waals surface area contributed by atoms with Gasteiger partial charge in [0.05, 0.1) is 23.3 Å². The van der Waals surface area contributed by atoms with Gasteiger partial charge in [-0.15, -0.1) is 0 Å². The Morgan fingerprint density at radius 3 is 2.24 bits per heavy atom. The first-order valence-corrected chi connectivity index (χ1v) is 7.40. The number of aliphatic hydroxyl groups excluding tert-OH is 1. The second-order valence-corrected chi connectivity index (χ2v) is 6.31. The number of aliphatic hydroxyl groups is 1. The Kier molecular flexibility index (Phi) is 4.82. The molecule has 0 saturated heterocycles. The lowest BCUT2D eigenvalue weighted by atomic mass is 9.76. The molecule has 0 aromatic heterocycles. The molecule has 0 heterocycles. The van der Waals surface area contributed by atoms with Crippen LogP contribution in [0.25, 0.3) is 0 Å². The first-order chi connectivity index (χ1) is 9.87. The van der Waals surface area contributed by atoms with Gasteiger partial charge in [-0.1, -0.05) is 67.4 Å². The quantitative estimate of drug-likeness (QED) is 0.856. The maximum Gasteiger partial charge on any atom is 0.138 e. The number of methoxy groups -OCH3 is 1. The lowest BCUT2D eigenvalue weighted by Gasteiger charge is -2.32. The van der Waals surface area contributed by atoms with Crippen molar-refractivity contribution in [3.05, 3.63) is 63.6 Å². The molecule has 2 aromatic carbocycles. The number of halogens is 2. The van der Waals surface area contributed by atoms with Gasteiger partial charge in [0.25, 0.3) is 0 Å². The van der Waals surface area contributed by atoms with Crippen molar-refractivity contribution in [2.24, 2.45) is 0 Å². The fourth-order valence-corrected chi connectivity index (χ4v) is 2.83. The summed E-state index contributed by atoms with van der Waals surface area (Å²) in [7, 11) is 1.53. The predicted octanol–water partition coefficient (Wildman–Crippen LogP) is 5.01. The van der Waals surface area contributed by atoms with Crippen molar-refractivity contribution in [1.82, 2.24) is 0 Å². The Hall–Kier alpha value is -1.22. The van der Waals surface area contributed by atoms with E-state index in [9.17, 15) is 5.11 Å². The van der Waals surface area contributed by atoms with E-state index < -0.39 is 11.5 Å². The number of ether oxygens (including phenoxy) is 1. The highest BCUT2D eigenvalue weighted by Gasteiger charge is 2.32. The molecule has 0 amide bonds. The third-order valence-corrected chi connectivity index (χ3v) is 4.39. The molecule has 0 aliphatic rings. The van der Waals surface area contributed by atoms with Crippen LogP contribution in [0.3, 0.4) is 0 Å². The van der Waals surface area contributed by atoms with E-state index in [0.29, 0.717) is 21.4 Å². The minimum atomic E-state index is -0.782. The minimum Gasteiger partial charge on any atom is -0.495 e. The van der Waals surface area contributed by atoms with Gasteiger partial charge in [-0.3, -0.25) is 0 Å². The number of hydrogen-bond donors (Lipinski definition) is 1. The molecule has 0 aliphatic heterocycles. The second-order valence-electron chi connectivity index (χ2n) is 5.50. The van der Waals surface area contributed by atoms with Gasteiger partial charge in [0.1, 0.15) is 5.75 Å². The Morgan fingerprint density at radius 1 is 1.05 bits per heavy atom.